The molecule has 1 aromatic rings. The highest BCUT2D eigenvalue weighted by Gasteiger charge is 2.15. The van der Waals surface area contributed by atoms with Crippen molar-refractivity contribution in [3.63, 3.8) is 0 Å². The average Bonchev–Trinajstić information content (AvgIpc) is 2.38. The molecule has 0 fully saturated rings. The lowest BCUT2D eigenvalue weighted by Gasteiger charge is -2.22. The molecule has 0 aliphatic heterocycles. The molecule has 1 atom stereocenters. The van der Waals surface area contributed by atoms with Gasteiger partial charge in [-0.1, -0.05) is 26.0 Å². The van der Waals surface area contributed by atoms with Crippen LogP contribution in [0.5, 0.6) is 5.75 Å². The van der Waals surface area contributed by atoms with Gasteiger partial charge in [-0.25, -0.2) is 0 Å². The van der Waals surface area contributed by atoms with Gasteiger partial charge in [0.1, 0.15) is 5.75 Å². The lowest BCUT2D eigenvalue weighted by molar-refractivity contribution is 0.198. The SMILES string of the molecule is COCCNCC(c1cccc(OC)c1)C(C)C. The van der Waals surface area contributed by atoms with Gasteiger partial charge in [0.25, 0.3) is 0 Å². The lowest BCUT2D eigenvalue weighted by Crippen LogP contribution is -2.27. The Kier molecular flexibility index (Phi) is 6.76. The normalized spacial score (nSPS) is 12.7. The average molecular weight is 251 g/mol. The van der Waals surface area contributed by atoms with Crippen molar-refractivity contribution in [2.75, 3.05) is 33.9 Å². The van der Waals surface area contributed by atoms with E-state index in [9.17, 15) is 0 Å². The molecule has 0 saturated carbocycles. The minimum Gasteiger partial charge on any atom is -0.497 e. The summed E-state index contributed by atoms with van der Waals surface area (Å²) in [6, 6.07) is 8.34. The van der Waals surface area contributed by atoms with Crippen LogP contribution in [0.15, 0.2) is 24.3 Å². The van der Waals surface area contributed by atoms with Gasteiger partial charge in [0.15, 0.2) is 0 Å². The van der Waals surface area contributed by atoms with E-state index in [1.165, 1.54) is 5.56 Å². The van der Waals surface area contributed by atoms with Crippen LogP contribution in [0.25, 0.3) is 0 Å². The summed E-state index contributed by atoms with van der Waals surface area (Å²) in [5, 5.41) is 3.44. The van der Waals surface area contributed by atoms with E-state index in [1.54, 1.807) is 14.2 Å². The van der Waals surface area contributed by atoms with E-state index < -0.39 is 0 Å². The smallest absolute Gasteiger partial charge is 0.119 e. The molecule has 1 unspecified atom stereocenters. The molecule has 102 valence electrons. The van der Waals surface area contributed by atoms with Crippen LogP contribution in [0.2, 0.25) is 0 Å². The Morgan fingerprint density at radius 1 is 1.22 bits per heavy atom. The van der Waals surface area contributed by atoms with E-state index in [-0.39, 0.29) is 0 Å². The van der Waals surface area contributed by atoms with Crippen LogP contribution in [-0.4, -0.2) is 33.9 Å². The van der Waals surface area contributed by atoms with Crippen LogP contribution in [0.3, 0.4) is 0 Å². The molecule has 0 spiro atoms. The molecular formula is C15H25NO2. The highest BCUT2D eigenvalue weighted by molar-refractivity contribution is 5.31. The second-order valence-corrected chi connectivity index (χ2v) is 4.82. The summed E-state index contributed by atoms with van der Waals surface area (Å²) in [5.74, 6) is 2.01. The fourth-order valence-electron chi connectivity index (χ4n) is 2.04. The maximum absolute atomic E-state index is 5.29. The first kappa shape index (κ1) is 15.0. The first-order valence-corrected chi connectivity index (χ1v) is 6.52. The summed E-state index contributed by atoms with van der Waals surface area (Å²) < 4.78 is 10.3. The standard InChI is InChI=1S/C15H25NO2/c1-12(2)15(11-16-8-9-17-3)13-6-5-7-14(10-13)18-4/h5-7,10,12,15-16H,8-9,11H2,1-4H3. The molecule has 1 rings (SSSR count). The maximum atomic E-state index is 5.29. The molecule has 0 amide bonds. The van der Waals surface area contributed by atoms with Gasteiger partial charge in [-0.3, -0.25) is 0 Å². The van der Waals surface area contributed by atoms with Gasteiger partial charge >= 0.3 is 0 Å². The predicted octanol–water partition coefficient (Wildman–Crippen LogP) is 2.67. The molecule has 1 N–H and O–H groups in total. The number of benzene rings is 1. The molecule has 18 heavy (non-hydrogen) atoms. The zero-order chi connectivity index (χ0) is 13.4. The summed E-state index contributed by atoms with van der Waals surface area (Å²) >= 11 is 0. The van der Waals surface area contributed by atoms with Gasteiger partial charge in [-0.05, 0) is 29.5 Å². The molecule has 3 heteroatoms. The van der Waals surface area contributed by atoms with Crippen molar-refractivity contribution in [3.8, 4) is 5.75 Å². The Balaban J connectivity index is 2.65. The van der Waals surface area contributed by atoms with Gasteiger partial charge < -0.3 is 14.8 Å². The summed E-state index contributed by atoms with van der Waals surface area (Å²) in [6.07, 6.45) is 0. The van der Waals surface area contributed by atoms with Crippen molar-refractivity contribution in [1.82, 2.24) is 5.32 Å². The summed E-state index contributed by atoms with van der Waals surface area (Å²) in [6.45, 7) is 7.12. The van der Waals surface area contributed by atoms with Crippen LogP contribution in [0.1, 0.15) is 25.3 Å². The van der Waals surface area contributed by atoms with Crippen molar-refractivity contribution in [2.24, 2.45) is 5.92 Å². The minimum atomic E-state index is 0.497. The predicted molar refractivity (Wildman–Crippen MR) is 75.3 cm³/mol. The third-order valence-electron chi connectivity index (χ3n) is 3.17. The number of hydrogen-bond donors (Lipinski definition) is 1. The molecule has 1 aromatic carbocycles. The zero-order valence-corrected chi connectivity index (χ0v) is 11.9. The van der Waals surface area contributed by atoms with Crippen LogP contribution in [-0.2, 0) is 4.74 Å². The van der Waals surface area contributed by atoms with Gasteiger partial charge in [-0.15, -0.1) is 0 Å². The molecule has 0 bridgehead atoms. The highest BCUT2D eigenvalue weighted by atomic mass is 16.5. The van der Waals surface area contributed by atoms with Crippen molar-refractivity contribution in [1.29, 1.82) is 0 Å². The summed E-state index contributed by atoms with van der Waals surface area (Å²) in [7, 11) is 3.43. The Labute approximate surface area is 110 Å². The molecule has 0 aliphatic rings. The number of hydrogen-bond acceptors (Lipinski definition) is 3. The molecule has 0 saturated heterocycles. The first-order valence-electron chi connectivity index (χ1n) is 6.52. The Bertz CT molecular complexity index is 339. The maximum Gasteiger partial charge on any atom is 0.119 e. The van der Waals surface area contributed by atoms with Gasteiger partial charge in [-0.2, -0.15) is 0 Å². The molecule has 0 aromatic heterocycles. The highest BCUT2D eigenvalue weighted by Crippen LogP contribution is 2.26. The largest absolute Gasteiger partial charge is 0.497 e. The quantitative estimate of drug-likeness (QED) is 0.721. The first-order chi connectivity index (χ1) is 8.69. The van der Waals surface area contributed by atoms with E-state index in [4.69, 9.17) is 9.47 Å². The van der Waals surface area contributed by atoms with Crippen molar-refractivity contribution in [3.05, 3.63) is 29.8 Å². The number of methoxy groups -OCH3 is 2. The zero-order valence-electron chi connectivity index (χ0n) is 11.9. The van der Waals surface area contributed by atoms with Gasteiger partial charge in [0.05, 0.1) is 13.7 Å². The van der Waals surface area contributed by atoms with Crippen LogP contribution in [0.4, 0.5) is 0 Å². The van der Waals surface area contributed by atoms with Crippen LogP contribution < -0.4 is 10.1 Å². The van der Waals surface area contributed by atoms with Gasteiger partial charge in [0, 0.05) is 20.2 Å². The van der Waals surface area contributed by atoms with E-state index >= 15 is 0 Å². The Hall–Kier alpha value is -1.06. The Morgan fingerprint density at radius 2 is 2.00 bits per heavy atom. The third-order valence-corrected chi connectivity index (χ3v) is 3.17. The monoisotopic (exact) mass is 251 g/mol. The summed E-state index contributed by atoms with van der Waals surface area (Å²) in [5.41, 5.74) is 1.33. The van der Waals surface area contributed by atoms with Crippen LogP contribution >= 0.6 is 0 Å². The molecule has 0 radical (unpaired) electrons. The fraction of sp³-hybridized carbons (Fsp3) is 0.600. The Morgan fingerprint density at radius 3 is 2.61 bits per heavy atom. The van der Waals surface area contributed by atoms with E-state index in [0.29, 0.717) is 11.8 Å². The minimum absolute atomic E-state index is 0.497. The second kappa shape index (κ2) is 8.11. The second-order valence-electron chi connectivity index (χ2n) is 4.82. The molecule has 3 nitrogen and oxygen atoms in total. The topological polar surface area (TPSA) is 30.5 Å². The third kappa shape index (κ3) is 4.67. The fourth-order valence-corrected chi connectivity index (χ4v) is 2.04. The van der Waals surface area contributed by atoms with Crippen molar-refractivity contribution < 1.29 is 9.47 Å². The molecule has 0 aliphatic carbocycles. The van der Waals surface area contributed by atoms with E-state index in [0.717, 1.165) is 25.4 Å². The molecular weight excluding hydrogens is 226 g/mol. The summed E-state index contributed by atoms with van der Waals surface area (Å²) in [4.78, 5) is 0. The lowest BCUT2D eigenvalue weighted by atomic mass is 9.88. The van der Waals surface area contributed by atoms with Crippen molar-refractivity contribution >= 4 is 0 Å². The van der Waals surface area contributed by atoms with E-state index in [2.05, 4.69) is 37.4 Å². The van der Waals surface area contributed by atoms with Crippen LogP contribution in [0, 0.1) is 5.92 Å². The van der Waals surface area contributed by atoms with Crippen molar-refractivity contribution in [2.45, 2.75) is 19.8 Å². The number of rotatable bonds is 8. The van der Waals surface area contributed by atoms with Gasteiger partial charge in [0.2, 0.25) is 0 Å². The molecule has 0 heterocycles. The number of nitrogens with one attached hydrogen (secondary N) is 1. The van der Waals surface area contributed by atoms with E-state index in [1.807, 2.05) is 6.07 Å². The number of ether oxygens (including phenoxy) is 2.